The number of aromatic nitrogens is 2. The number of ether oxygens (including phenoxy) is 2. The summed E-state index contributed by atoms with van der Waals surface area (Å²) >= 11 is 2.25. The van der Waals surface area contributed by atoms with Gasteiger partial charge in [0.1, 0.15) is 11.6 Å². The maximum Gasteiger partial charge on any atom is 0.143 e. The van der Waals surface area contributed by atoms with Crippen LogP contribution in [0.15, 0.2) is 0 Å². The van der Waals surface area contributed by atoms with Crippen molar-refractivity contribution in [2.24, 2.45) is 0 Å². The zero-order valence-corrected chi connectivity index (χ0v) is 12.9. The van der Waals surface area contributed by atoms with Crippen molar-refractivity contribution in [3.8, 4) is 0 Å². The molecule has 0 spiro atoms. The van der Waals surface area contributed by atoms with E-state index in [-0.39, 0.29) is 0 Å². The largest absolute Gasteiger partial charge is 0.381 e. The molecular formula is C12H18IN3O2. The highest BCUT2D eigenvalue weighted by atomic mass is 127. The van der Waals surface area contributed by atoms with Crippen molar-refractivity contribution in [2.45, 2.75) is 25.4 Å². The van der Waals surface area contributed by atoms with Crippen LogP contribution in [0.1, 0.15) is 30.3 Å². The van der Waals surface area contributed by atoms with E-state index in [1.807, 2.05) is 7.05 Å². The summed E-state index contributed by atoms with van der Waals surface area (Å²) in [5.41, 5.74) is 0.943. The second kappa shape index (κ2) is 6.63. The fourth-order valence-electron chi connectivity index (χ4n) is 2.04. The lowest BCUT2D eigenvalue weighted by Gasteiger charge is -2.22. The Labute approximate surface area is 121 Å². The molecule has 1 unspecified atom stereocenters. The Bertz CT molecular complexity index is 409. The number of hydrogen-bond donors (Lipinski definition) is 1. The number of rotatable bonds is 4. The van der Waals surface area contributed by atoms with Gasteiger partial charge < -0.3 is 14.8 Å². The topological polar surface area (TPSA) is 56.3 Å². The minimum absolute atomic E-state index is 0.304. The summed E-state index contributed by atoms with van der Waals surface area (Å²) in [5, 5.41) is 3.12. The zero-order chi connectivity index (χ0) is 13.0. The van der Waals surface area contributed by atoms with Gasteiger partial charge in [0.25, 0.3) is 0 Å². The average Bonchev–Trinajstić information content (AvgIpc) is 2.42. The normalized spacial score (nSPS) is 19.8. The van der Waals surface area contributed by atoms with E-state index in [0.29, 0.717) is 12.5 Å². The van der Waals surface area contributed by atoms with Crippen LogP contribution < -0.4 is 5.32 Å². The molecule has 0 radical (unpaired) electrons. The van der Waals surface area contributed by atoms with Crippen LogP contribution in [0.5, 0.6) is 0 Å². The highest BCUT2D eigenvalue weighted by molar-refractivity contribution is 14.1. The number of methoxy groups -OCH3 is 1. The Morgan fingerprint density at radius 1 is 1.50 bits per heavy atom. The Kier molecular flexibility index (Phi) is 5.13. The molecule has 1 saturated heterocycles. The van der Waals surface area contributed by atoms with Crippen LogP contribution in [0.3, 0.4) is 0 Å². The van der Waals surface area contributed by atoms with Gasteiger partial charge in [-0.15, -0.1) is 0 Å². The average molecular weight is 363 g/mol. The summed E-state index contributed by atoms with van der Waals surface area (Å²) in [5.74, 6) is 2.04. The van der Waals surface area contributed by atoms with E-state index in [2.05, 4.69) is 37.9 Å². The van der Waals surface area contributed by atoms with Crippen molar-refractivity contribution in [3.63, 3.8) is 0 Å². The minimum atomic E-state index is 0.304. The Balaban J connectivity index is 2.31. The van der Waals surface area contributed by atoms with Crippen molar-refractivity contribution in [1.29, 1.82) is 0 Å². The Morgan fingerprint density at radius 3 is 2.94 bits per heavy atom. The fourth-order valence-corrected chi connectivity index (χ4v) is 2.70. The van der Waals surface area contributed by atoms with Crippen molar-refractivity contribution in [2.75, 3.05) is 32.7 Å². The van der Waals surface area contributed by atoms with E-state index in [1.54, 1.807) is 7.11 Å². The Morgan fingerprint density at radius 2 is 2.33 bits per heavy atom. The molecule has 5 nitrogen and oxygen atoms in total. The molecule has 2 rings (SSSR count). The first-order valence-electron chi connectivity index (χ1n) is 6.07. The van der Waals surface area contributed by atoms with Crippen LogP contribution in [0.25, 0.3) is 0 Å². The summed E-state index contributed by atoms with van der Waals surface area (Å²) in [4.78, 5) is 9.22. The predicted molar refractivity (Wildman–Crippen MR) is 77.8 cm³/mol. The molecule has 1 aromatic rings. The lowest BCUT2D eigenvalue weighted by molar-refractivity contribution is 0.0778. The van der Waals surface area contributed by atoms with Crippen LogP contribution in [-0.2, 0) is 16.1 Å². The lowest BCUT2D eigenvalue weighted by Crippen LogP contribution is -2.19. The van der Waals surface area contributed by atoms with E-state index in [9.17, 15) is 0 Å². The molecule has 0 aliphatic carbocycles. The highest BCUT2D eigenvalue weighted by Gasteiger charge is 2.21. The van der Waals surface area contributed by atoms with Crippen LogP contribution in [0, 0.1) is 3.57 Å². The molecule has 1 atom stereocenters. The van der Waals surface area contributed by atoms with Gasteiger partial charge in [-0.3, -0.25) is 0 Å². The van der Waals surface area contributed by atoms with Crippen LogP contribution in [0.4, 0.5) is 5.82 Å². The predicted octanol–water partition coefficient (Wildman–Crippen LogP) is 2.16. The molecule has 1 aromatic heterocycles. The first-order chi connectivity index (χ1) is 8.76. The quantitative estimate of drug-likeness (QED) is 0.831. The van der Waals surface area contributed by atoms with Crippen molar-refractivity contribution < 1.29 is 9.47 Å². The van der Waals surface area contributed by atoms with Gasteiger partial charge in [-0.05, 0) is 35.4 Å². The summed E-state index contributed by atoms with van der Waals surface area (Å²) in [6.07, 6.45) is 2.17. The van der Waals surface area contributed by atoms with Gasteiger partial charge >= 0.3 is 0 Å². The SMILES string of the molecule is CNc1nc(C2CCCOC2)nc(COC)c1I. The standard InChI is InChI=1S/C12H18IN3O2/c1-14-12-10(13)9(7-17-2)15-11(16-12)8-4-3-5-18-6-8/h8H,3-7H2,1-2H3,(H,14,15,16). The monoisotopic (exact) mass is 363 g/mol. The fraction of sp³-hybridized carbons (Fsp3) is 0.667. The third kappa shape index (κ3) is 3.10. The molecule has 18 heavy (non-hydrogen) atoms. The van der Waals surface area contributed by atoms with E-state index in [4.69, 9.17) is 9.47 Å². The molecule has 1 fully saturated rings. The van der Waals surface area contributed by atoms with Gasteiger partial charge in [-0.1, -0.05) is 0 Å². The maximum absolute atomic E-state index is 5.51. The number of hydrogen-bond acceptors (Lipinski definition) is 5. The van der Waals surface area contributed by atoms with Crippen LogP contribution in [-0.4, -0.2) is 37.3 Å². The Hall–Kier alpha value is -0.470. The minimum Gasteiger partial charge on any atom is -0.381 e. The van der Waals surface area contributed by atoms with Gasteiger partial charge in [0.05, 0.1) is 22.5 Å². The van der Waals surface area contributed by atoms with E-state index < -0.39 is 0 Å². The maximum atomic E-state index is 5.51. The van der Waals surface area contributed by atoms with E-state index in [1.165, 1.54) is 0 Å². The van der Waals surface area contributed by atoms with Gasteiger partial charge in [-0.25, -0.2) is 9.97 Å². The summed E-state index contributed by atoms with van der Waals surface area (Å²) in [6, 6.07) is 0. The molecule has 1 aliphatic rings. The highest BCUT2D eigenvalue weighted by Crippen LogP contribution is 2.27. The molecular weight excluding hydrogens is 345 g/mol. The lowest BCUT2D eigenvalue weighted by atomic mass is 10.0. The van der Waals surface area contributed by atoms with Crippen molar-refractivity contribution in [1.82, 2.24) is 9.97 Å². The second-order valence-corrected chi connectivity index (χ2v) is 5.37. The summed E-state index contributed by atoms with van der Waals surface area (Å²) in [6.45, 7) is 2.08. The third-order valence-electron chi connectivity index (χ3n) is 2.98. The molecule has 2 heterocycles. The first-order valence-corrected chi connectivity index (χ1v) is 7.15. The summed E-state index contributed by atoms with van der Waals surface area (Å²) < 4.78 is 11.7. The van der Waals surface area contributed by atoms with Gasteiger partial charge in [0.15, 0.2) is 0 Å². The molecule has 6 heteroatoms. The molecule has 0 bridgehead atoms. The molecule has 100 valence electrons. The smallest absolute Gasteiger partial charge is 0.143 e. The van der Waals surface area contributed by atoms with Crippen LogP contribution >= 0.6 is 22.6 Å². The number of nitrogens with zero attached hydrogens (tertiary/aromatic N) is 2. The number of anilines is 1. The molecule has 1 aliphatic heterocycles. The van der Waals surface area contributed by atoms with Crippen molar-refractivity contribution in [3.05, 3.63) is 15.1 Å². The number of halogens is 1. The molecule has 0 aromatic carbocycles. The molecule has 0 saturated carbocycles. The van der Waals surface area contributed by atoms with Crippen LogP contribution in [0.2, 0.25) is 0 Å². The number of nitrogens with one attached hydrogen (secondary N) is 1. The van der Waals surface area contributed by atoms with E-state index >= 15 is 0 Å². The third-order valence-corrected chi connectivity index (χ3v) is 4.11. The van der Waals surface area contributed by atoms with Gasteiger partial charge in [-0.2, -0.15) is 0 Å². The molecule has 1 N–H and O–H groups in total. The zero-order valence-electron chi connectivity index (χ0n) is 10.7. The van der Waals surface area contributed by atoms with E-state index in [0.717, 1.165) is 47.0 Å². The molecule has 0 amide bonds. The second-order valence-electron chi connectivity index (χ2n) is 4.29. The van der Waals surface area contributed by atoms with Gasteiger partial charge in [0.2, 0.25) is 0 Å². The first kappa shape index (κ1) is 14.0. The van der Waals surface area contributed by atoms with Crippen molar-refractivity contribution >= 4 is 28.4 Å². The summed E-state index contributed by atoms with van der Waals surface area (Å²) in [7, 11) is 3.56. The van der Waals surface area contributed by atoms with Gasteiger partial charge in [0, 0.05) is 26.7 Å².